The summed E-state index contributed by atoms with van der Waals surface area (Å²) in [5.41, 5.74) is 0. The lowest BCUT2D eigenvalue weighted by Gasteiger charge is -2.15. The number of aliphatic hydroxyl groups excluding tert-OH is 1. The van der Waals surface area contributed by atoms with E-state index in [0.717, 1.165) is 0 Å². The van der Waals surface area contributed by atoms with Crippen LogP contribution in [0.5, 0.6) is 5.75 Å². The van der Waals surface area contributed by atoms with Gasteiger partial charge in [-0.1, -0.05) is 31.5 Å². The first kappa shape index (κ1) is 14.2. The summed E-state index contributed by atoms with van der Waals surface area (Å²) in [6.45, 7) is 4.34. The molecule has 0 saturated carbocycles. The fraction of sp³-hybridized carbons (Fsp3) is 0.500. The van der Waals surface area contributed by atoms with Crippen molar-refractivity contribution in [2.45, 2.75) is 26.0 Å². The van der Waals surface area contributed by atoms with Gasteiger partial charge in [-0.2, -0.15) is 0 Å². The smallest absolute Gasteiger partial charge is 0.173 e. The zero-order valence-corrected chi connectivity index (χ0v) is 10.7. The number of hydrogen-bond donors (Lipinski definition) is 2. The van der Waals surface area contributed by atoms with Crippen LogP contribution in [0.3, 0.4) is 0 Å². The zero-order chi connectivity index (χ0) is 12.8. The Kier molecular flexibility index (Phi) is 5.68. The summed E-state index contributed by atoms with van der Waals surface area (Å²) < 4.78 is 18.5. The molecule has 1 aromatic rings. The molecule has 1 unspecified atom stereocenters. The molecule has 0 aromatic heterocycles. The predicted molar refractivity (Wildman–Crippen MR) is 66.1 cm³/mol. The Labute approximate surface area is 106 Å². The van der Waals surface area contributed by atoms with E-state index in [4.69, 9.17) is 16.3 Å². The summed E-state index contributed by atoms with van der Waals surface area (Å²) in [6.07, 6.45) is -0.701. The first-order valence-electron chi connectivity index (χ1n) is 5.49. The van der Waals surface area contributed by atoms with E-state index in [-0.39, 0.29) is 23.4 Å². The quantitative estimate of drug-likeness (QED) is 0.825. The molecular formula is C12H17ClFNO2. The third-order valence-electron chi connectivity index (χ3n) is 2.10. The molecule has 17 heavy (non-hydrogen) atoms. The first-order chi connectivity index (χ1) is 8.00. The van der Waals surface area contributed by atoms with Crippen molar-refractivity contribution >= 4 is 11.6 Å². The van der Waals surface area contributed by atoms with Crippen LogP contribution < -0.4 is 10.1 Å². The summed E-state index contributed by atoms with van der Waals surface area (Å²) >= 11 is 5.78. The Morgan fingerprint density at radius 1 is 1.47 bits per heavy atom. The average molecular weight is 262 g/mol. The molecule has 1 aromatic carbocycles. The molecule has 1 rings (SSSR count). The molecule has 0 saturated heterocycles. The Hall–Kier alpha value is -0.840. The standard InChI is InChI=1S/C12H17ClFNO2/c1-8(2)15-6-9(16)7-17-12-10(13)4-3-5-11(12)14/h3-5,8-9,15-16H,6-7H2,1-2H3. The molecule has 0 aliphatic carbocycles. The van der Waals surface area contributed by atoms with Gasteiger partial charge in [-0.15, -0.1) is 0 Å². The molecule has 0 bridgehead atoms. The van der Waals surface area contributed by atoms with Crippen LogP contribution in [0, 0.1) is 5.82 Å². The number of para-hydroxylation sites is 1. The van der Waals surface area contributed by atoms with Gasteiger partial charge in [0.15, 0.2) is 11.6 Å². The monoisotopic (exact) mass is 261 g/mol. The molecule has 0 spiro atoms. The maximum atomic E-state index is 13.3. The van der Waals surface area contributed by atoms with E-state index >= 15 is 0 Å². The van der Waals surface area contributed by atoms with E-state index in [0.29, 0.717) is 6.54 Å². The largest absolute Gasteiger partial charge is 0.486 e. The van der Waals surface area contributed by atoms with Crippen molar-refractivity contribution < 1.29 is 14.2 Å². The Balaban J connectivity index is 2.44. The van der Waals surface area contributed by atoms with Gasteiger partial charge in [-0.05, 0) is 12.1 Å². The lowest BCUT2D eigenvalue weighted by molar-refractivity contribution is 0.102. The fourth-order valence-electron chi connectivity index (χ4n) is 1.23. The maximum Gasteiger partial charge on any atom is 0.173 e. The molecule has 5 heteroatoms. The van der Waals surface area contributed by atoms with Crippen LogP contribution in [0.15, 0.2) is 18.2 Å². The molecule has 0 aliphatic heterocycles. The van der Waals surface area contributed by atoms with E-state index in [2.05, 4.69) is 5.32 Å². The number of halogens is 2. The van der Waals surface area contributed by atoms with Gasteiger partial charge >= 0.3 is 0 Å². The number of ether oxygens (including phenoxy) is 1. The summed E-state index contributed by atoms with van der Waals surface area (Å²) in [6, 6.07) is 4.58. The molecule has 0 radical (unpaired) electrons. The highest BCUT2D eigenvalue weighted by Gasteiger charge is 2.11. The third kappa shape index (κ3) is 4.89. The van der Waals surface area contributed by atoms with Crippen LogP contribution in [-0.2, 0) is 0 Å². The highest BCUT2D eigenvalue weighted by molar-refractivity contribution is 6.32. The molecule has 0 fully saturated rings. The number of aliphatic hydroxyl groups is 1. The van der Waals surface area contributed by atoms with Gasteiger partial charge in [0.05, 0.1) is 5.02 Å². The molecule has 0 amide bonds. The van der Waals surface area contributed by atoms with Crippen molar-refractivity contribution in [2.75, 3.05) is 13.2 Å². The van der Waals surface area contributed by atoms with Gasteiger partial charge in [-0.3, -0.25) is 0 Å². The molecule has 0 aliphatic rings. The van der Waals surface area contributed by atoms with Crippen molar-refractivity contribution in [3.63, 3.8) is 0 Å². The summed E-state index contributed by atoms with van der Waals surface area (Å²) in [5, 5.41) is 12.8. The molecule has 0 heterocycles. The zero-order valence-electron chi connectivity index (χ0n) is 9.91. The summed E-state index contributed by atoms with van der Waals surface area (Å²) in [5.74, 6) is -0.542. The highest BCUT2D eigenvalue weighted by Crippen LogP contribution is 2.27. The van der Waals surface area contributed by atoms with Crippen LogP contribution in [0.25, 0.3) is 0 Å². The van der Waals surface area contributed by atoms with Gasteiger partial charge in [0, 0.05) is 12.6 Å². The van der Waals surface area contributed by atoms with Crippen LogP contribution in [0.1, 0.15) is 13.8 Å². The van der Waals surface area contributed by atoms with Gasteiger partial charge in [0.2, 0.25) is 0 Å². The molecule has 3 nitrogen and oxygen atoms in total. The van der Waals surface area contributed by atoms with Crippen LogP contribution in [0.4, 0.5) is 4.39 Å². The van der Waals surface area contributed by atoms with Crippen molar-refractivity contribution in [2.24, 2.45) is 0 Å². The number of rotatable bonds is 6. The fourth-order valence-corrected chi connectivity index (χ4v) is 1.45. The van der Waals surface area contributed by atoms with Crippen molar-refractivity contribution in [3.8, 4) is 5.75 Å². The molecular weight excluding hydrogens is 245 g/mol. The van der Waals surface area contributed by atoms with Gasteiger partial charge in [-0.25, -0.2) is 4.39 Å². The number of benzene rings is 1. The number of nitrogens with one attached hydrogen (secondary N) is 1. The van der Waals surface area contributed by atoms with Crippen LogP contribution in [-0.4, -0.2) is 30.4 Å². The van der Waals surface area contributed by atoms with E-state index < -0.39 is 11.9 Å². The second kappa shape index (κ2) is 6.79. The van der Waals surface area contributed by atoms with Crippen molar-refractivity contribution in [1.82, 2.24) is 5.32 Å². The second-order valence-electron chi connectivity index (χ2n) is 4.08. The normalized spacial score (nSPS) is 12.8. The van der Waals surface area contributed by atoms with Crippen molar-refractivity contribution in [1.29, 1.82) is 0 Å². The summed E-state index contributed by atoms with van der Waals surface area (Å²) in [4.78, 5) is 0. The van der Waals surface area contributed by atoms with E-state index in [9.17, 15) is 9.50 Å². The topological polar surface area (TPSA) is 41.5 Å². The number of hydrogen-bond acceptors (Lipinski definition) is 3. The lowest BCUT2D eigenvalue weighted by Crippen LogP contribution is -2.35. The van der Waals surface area contributed by atoms with E-state index in [1.807, 2.05) is 13.8 Å². The highest BCUT2D eigenvalue weighted by atomic mass is 35.5. The molecule has 96 valence electrons. The predicted octanol–water partition coefficient (Wildman–Crippen LogP) is 2.22. The minimum atomic E-state index is -0.701. The van der Waals surface area contributed by atoms with Crippen LogP contribution in [0.2, 0.25) is 5.02 Å². The average Bonchev–Trinajstić information content (AvgIpc) is 2.25. The molecule has 2 N–H and O–H groups in total. The lowest BCUT2D eigenvalue weighted by atomic mass is 10.3. The minimum Gasteiger partial charge on any atom is -0.486 e. The Morgan fingerprint density at radius 3 is 2.76 bits per heavy atom. The van der Waals surface area contributed by atoms with Gasteiger partial charge < -0.3 is 15.2 Å². The SMILES string of the molecule is CC(C)NCC(O)COc1c(F)cccc1Cl. The Morgan fingerprint density at radius 2 is 2.18 bits per heavy atom. The van der Waals surface area contributed by atoms with E-state index in [1.165, 1.54) is 12.1 Å². The Bertz CT molecular complexity index is 340. The minimum absolute atomic E-state index is 0.000370. The molecule has 1 atom stereocenters. The van der Waals surface area contributed by atoms with Crippen molar-refractivity contribution in [3.05, 3.63) is 29.0 Å². The van der Waals surface area contributed by atoms with Gasteiger partial charge in [0.25, 0.3) is 0 Å². The second-order valence-corrected chi connectivity index (χ2v) is 4.49. The maximum absolute atomic E-state index is 13.3. The van der Waals surface area contributed by atoms with Gasteiger partial charge in [0.1, 0.15) is 12.7 Å². The van der Waals surface area contributed by atoms with Crippen LogP contribution >= 0.6 is 11.6 Å². The summed E-state index contributed by atoms with van der Waals surface area (Å²) in [7, 11) is 0. The van der Waals surface area contributed by atoms with E-state index in [1.54, 1.807) is 6.07 Å². The first-order valence-corrected chi connectivity index (χ1v) is 5.86. The third-order valence-corrected chi connectivity index (χ3v) is 2.40.